The van der Waals surface area contributed by atoms with Crippen molar-refractivity contribution >= 4 is 39.2 Å². The van der Waals surface area contributed by atoms with Gasteiger partial charge in [0.1, 0.15) is 9.84 Å². The highest BCUT2D eigenvalue weighted by Gasteiger charge is 2.39. The molecule has 3 aromatic rings. The fourth-order valence-electron chi connectivity index (χ4n) is 8.11. The molecule has 4 amide bonds. The van der Waals surface area contributed by atoms with Crippen molar-refractivity contribution in [1.82, 2.24) is 15.1 Å². The quantitative estimate of drug-likeness (QED) is 0.299. The number of hydrogen-bond acceptors (Lipinski definition) is 10. The zero-order valence-electron chi connectivity index (χ0n) is 31.5. The maximum Gasteiger partial charge on any atom is 0.263 e. The number of fused-ring (bicyclic) bond motifs is 1. The zero-order valence-corrected chi connectivity index (χ0v) is 32.3. The molecule has 288 valence electrons. The Hall–Kier alpha value is -4.75. The van der Waals surface area contributed by atoms with Gasteiger partial charge < -0.3 is 14.4 Å². The second kappa shape index (κ2) is 16.7. The Bertz CT molecular complexity index is 1980. The summed E-state index contributed by atoms with van der Waals surface area (Å²) in [6.45, 7) is 5.98. The topological polar surface area (TPSA) is 143 Å². The largest absolute Gasteiger partial charge is 0.493 e. The van der Waals surface area contributed by atoms with Crippen molar-refractivity contribution < 1.29 is 37.1 Å². The predicted octanol–water partition coefficient (Wildman–Crippen LogP) is 4.92. The molecule has 0 spiro atoms. The smallest absolute Gasteiger partial charge is 0.263 e. The van der Waals surface area contributed by atoms with E-state index in [0.717, 1.165) is 81.2 Å². The molecule has 3 aromatic carbocycles. The molecule has 4 aliphatic rings. The lowest BCUT2D eigenvalue weighted by molar-refractivity contribution is -0.134. The molecule has 3 fully saturated rings. The average molecular weight is 759 g/mol. The lowest BCUT2D eigenvalue weighted by atomic mass is 9.80. The van der Waals surface area contributed by atoms with Crippen LogP contribution in [0.25, 0.3) is 0 Å². The first-order chi connectivity index (χ1) is 25.8. The molecule has 1 N–H and O–H groups in total. The van der Waals surface area contributed by atoms with Crippen molar-refractivity contribution in [3.8, 4) is 11.5 Å². The minimum atomic E-state index is -2.67. The monoisotopic (exact) mass is 758 g/mol. The molecule has 7 rings (SSSR count). The summed E-state index contributed by atoms with van der Waals surface area (Å²) >= 11 is 0. The van der Waals surface area contributed by atoms with Gasteiger partial charge in [0, 0.05) is 51.2 Å². The number of amides is 4. The van der Waals surface area contributed by atoms with Crippen molar-refractivity contribution in [1.29, 1.82) is 0 Å². The van der Waals surface area contributed by atoms with E-state index in [2.05, 4.69) is 39.4 Å². The van der Waals surface area contributed by atoms with Gasteiger partial charge in [-0.2, -0.15) is 0 Å². The van der Waals surface area contributed by atoms with Crippen LogP contribution in [-0.2, 0) is 26.0 Å². The van der Waals surface area contributed by atoms with E-state index in [1.165, 1.54) is 10.5 Å². The number of hydrogen-bond donors (Lipinski definition) is 1. The molecule has 12 nitrogen and oxygen atoms in total. The molecule has 3 aliphatic heterocycles. The maximum absolute atomic E-state index is 13.8. The van der Waals surface area contributed by atoms with Gasteiger partial charge in [-0.15, -0.1) is 0 Å². The number of sulfone groups is 1. The van der Waals surface area contributed by atoms with Gasteiger partial charge >= 0.3 is 0 Å². The highest BCUT2D eigenvalue weighted by Crippen LogP contribution is 2.38. The molecule has 1 unspecified atom stereocenters. The van der Waals surface area contributed by atoms with Crippen LogP contribution in [0.5, 0.6) is 11.5 Å². The van der Waals surface area contributed by atoms with Gasteiger partial charge in [0.15, 0.2) is 11.5 Å². The normalized spacial score (nSPS) is 22.0. The summed E-state index contributed by atoms with van der Waals surface area (Å²) in [5.74, 6) is 0.570. The standard InChI is InChI=1S/C39H44N4O6.C2H6O2S/c1-3-49-34-23-25(7-17-33(34)48-2)24-43-38(46)31-5-4-6-32(36(31)39(43)47)42-21-19-41(20-22-42)29-14-12-27(13-15-29)26-8-10-28(11-9-26)30-16-18-35(44)40-37(30)45;1-5(2,3)4/h4-11,17,23,27,29-30H,3,12-16,18-22,24H2,1-2H3,(H,40,44,45);1-2H3. The summed E-state index contributed by atoms with van der Waals surface area (Å²) in [6.07, 6.45) is 7.81. The van der Waals surface area contributed by atoms with Gasteiger partial charge in [-0.25, -0.2) is 8.42 Å². The van der Waals surface area contributed by atoms with Crippen LogP contribution in [0.15, 0.2) is 60.7 Å². The van der Waals surface area contributed by atoms with E-state index in [1.807, 2.05) is 31.2 Å². The Labute approximate surface area is 317 Å². The Morgan fingerprint density at radius 2 is 1.46 bits per heavy atom. The van der Waals surface area contributed by atoms with E-state index >= 15 is 0 Å². The molecule has 1 aliphatic carbocycles. The Morgan fingerprint density at radius 1 is 0.796 bits per heavy atom. The second-order valence-electron chi connectivity index (χ2n) is 14.7. The van der Waals surface area contributed by atoms with Crippen LogP contribution in [0.4, 0.5) is 5.69 Å². The van der Waals surface area contributed by atoms with Crippen LogP contribution in [-0.4, -0.2) is 100 Å². The number of anilines is 1. The molecule has 13 heteroatoms. The van der Waals surface area contributed by atoms with Gasteiger partial charge in [-0.1, -0.05) is 36.4 Å². The number of piperazine rings is 1. The van der Waals surface area contributed by atoms with Crippen molar-refractivity contribution in [2.75, 3.05) is 57.3 Å². The molecule has 1 atom stereocenters. The summed E-state index contributed by atoms with van der Waals surface area (Å²) in [7, 11) is -1.08. The Morgan fingerprint density at radius 3 is 2.09 bits per heavy atom. The first-order valence-electron chi connectivity index (χ1n) is 18.7. The van der Waals surface area contributed by atoms with Crippen molar-refractivity contribution in [2.45, 2.75) is 69.9 Å². The summed E-state index contributed by atoms with van der Waals surface area (Å²) in [6, 6.07) is 20.1. The number of imide groups is 2. The van der Waals surface area contributed by atoms with E-state index in [9.17, 15) is 27.6 Å². The van der Waals surface area contributed by atoms with Gasteiger partial charge in [0.2, 0.25) is 11.8 Å². The van der Waals surface area contributed by atoms with E-state index in [0.29, 0.717) is 54.0 Å². The fourth-order valence-corrected chi connectivity index (χ4v) is 8.11. The van der Waals surface area contributed by atoms with Crippen LogP contribution in [0.1, 0.15) is 94.7 Å². The number of nitrogens with zero attached hydrogens (tertiary/aromatic N) is 3. The van der Waals surface area contributed by atoms with Crippen molar-refractivity contribution in [3.63, 3.8) is 0 Å². The lowest BCUT2D eigenvalue weighted by Crippen LogP contribution is -2.51. The lowest BCUT2D eigenvalue weighted by Gasteiger charge is -2.43. The number of carbonyl (C=O) groups excluding carboxylic acids is 4. The number of rotatable bonds is 9. The van der Waals surface area contributed by atoms with E-state index in [1.54, 1.807) is 19.2 Å². The Balaban J connectivity index is 0.000000934. The number of benzene rings is 3. The Kier molecular flexibility index (Phi) is 12.1. The van der Waals surface area contributed by atoms with Gasteiger partial charge in [-0.3, -0.25) is 34.3 Å². The minimum absolute atomic E-state index is 0.163. The number of carbonyl (C=O) groups is 4. The molecule has 1 saturated carbocycles. The third-order valence-electron chi connectivity index (χ3n) is 10.8. The van der Waals surface area contributed by atoms with Crippen molar-refractivity contribution in [3.05, 3.63) is 88.5 Å². The molecular formula is C41H50N4O8S. The summed E-state index contributed by atoms with van der Waals surface area (Å²) in [4.78, 5) is 57.3. The SMILES string of the molecule is CCOc1cc(CN2C(=O)c3cccc(N4CCN(C5CCC(c6ccc(C7CCC(=O)NC7=O)cc6)CC5)CC4)c3C2=O)ccc1OC.CS(C)(=O)=O. The second-order valence-corrected chi connectivity index (χ2v) is 16.9. The fraction of sp³-hybridized carbons (Fsp3) is 0.463. The number of piperidine rings is 1. The number of ether oxygens (including phenoxy) is 2. The van der Waals surface area contributed by atoms with E-state index < -0.39 is 9.84 Å². The third kappa shape index (κ3) is 8.95. The molecule has 2 saturated heterocycles. The van der Waals surface area contributed by atoms with Gasteiger partial charge in [0.05, 0.1) is 43.0 Å². The number of nitrogens with one attached hydrogen (secondary N) is 1. The molecule has 0 aromatic heterocycles. The zero-order chi connectivity index (χ0) is 38.6. The molecule has 54 heavy (non-hydrogen) atoms. The molecular weight excluding hydrogens is 709 g/mol. The number of methoxy groups -OCH3 is 1. The van der Waals surface area contributed by atoms with Gasteiger partial charge in [-0.05, 0) is 85.9 Å². The van der Waals surface area contributed by atoms with Crippen LogP contribution in [0.3, 0.4) is 0 Å². The van der Waals surface area contributed by atoms with Gasteiger partial charge in [0.25, 0.3) is 11.8 Å². The van der Waals surface area contributed by atoms with Crippen molar-refractivity contribution in [2.24, 2.45) is 0 Å². The summed E-state index contributed by atoms with van der Waals surface area (Å²) in [5.41, 5.74) is 4.92. The molecule has 0 radical (unpaired) electrons. The van der Waals surface area contributed by atoms with E-state index in [4.69, 9.17) is 9.47 Å². The predicted molar refractivity (Wildman–Crippen MR) is 206 cm³/mol. The highest BCUT2D eigenvalue weighted by atomic mass is 32.2. The van der Waals surface area contributed by atoms with Crippen LogP contribution < -0.4 is 19.7 Å². The maximum atomic E-state index is 13.8. The average Bonchev–Trinajstić information content (AvgIpc) is 3.39. The summed E-state index contributed by atoms with van der Waals surface area (Å²) < 4.78 is 30.4. The third-order valence-corrected chi connectivity index (χ3v) is 10.8. The molecule has 0 bridgehead atoms. The minimum Gasteiger partial charge on any atom is -0.493 e. The van der Waals surface area contributed by atoms with Crippen LogP contribution in [0, 0.1) is 0 Å². The van der Waals surface area contributed by atoms with Crippen LogP contribution in [0.2, 0.25) is 0 Å². The van der Waals surface area contributed by atoms with E-state index in [-0.39, 0.29) is 36.1 Å². The first kappa shape index (κ1) is 39.0. The molecule has 3 heterocycles. The first-order valence-corrected chi connectivity index (χ1v) is 21.0. The highest BCUT2D eigenvalue weighted by molar-refractivity contribution is 7.89. The summed E-state index contributed by atoms with van der Waals surface area (Å²) in [5, 5.41) is 2.46. The van der Waals surface area contributed by atoms with Crippen LogP contribution >= 0.6 is 0 Å².